The molecule has 5 nitrogen and oxygen atoms in total. The van der Waals surface area contributed by atoms with E-state index in [1.54, 1.807) is 0 Å². The average molecular weight is 267 g/mol. The van der Waals surface area contributed by atoms with Crippen molar-refractivity contribution in [3.05, 3.63) is 0 Å². The molecule has 17 heavy (non-hydrogen) atoms. The molecule has 6 heteroatoms. The number of halogens is 1. The van der Waals surface area contributed by atoms with Crippen LogP contribution in [0.1, 0.15) is 26.2 Å². The Labute approximate surface area is 109 Å². The number of hydrogen-bond donors (Lipinski definition) is 2. The molecule has 0 saturated carbocycles. The highest BCUT2D eigenvalue weighted by Gasteiger charge is 2.21. The van der Waals surface area contributed by atoms with Crippen LogP contribution in [-0.4, -0.2) is 44.4 Å². The summed E-state index contributed by atoms with van der Waals surface area (Å²) < 4.78 is 10.3. The number of carbonyl (C=O) groups is 1. The highest BCUT2D eigenvalue weighted by molar-refractivity contribution is 5.85. The van der Waals surface area contributed by atoms with E-state index in [9.17, 15) is 4.79 Å². The summed E-state index contributed by atoms with van der Waals surface area (Å²) in [5.41, 5.74) is 5.62. The largest absolute Gasteiger partial charge is 0.383 e. The molecule has 1 aliphatic rings. The minimum absolute atomic E-state index is 0. The Bertz CT molecular complexity index is 223. The van der Waals surface area contributed by atoms with Crippen LogP contribution in [0, 0.1) is 0 Å². The zero-order valence-corrected chi connectivity index (χ0v) is 11.3. The molecule has 102 valence electrons. The molecule has 1 aliphatic heterocycles. The van der Waals surface area contributed by atoms with Gasteiger partial charge in [-0.25, -0.2) is 0 Å². The van der Waals surface area contributed by atoms with Gasteiger partial charge in [0.2, 0.25) is 5.91 Å². The van der Waals surface area contributed by atoms with Crippen LogP contribution >= 0.6 is 12.4 Å². The van der Waals surface area contributed by atoms with Crippen LogP contribution in [-0.2, 0) is 14.3 Å². The van der Waals surface area contributed by atoms with Gasteiger partial charge in [0.25, 0.3) is 0 Å². The van der Waals surface area contributed by atoms with Gasteiger partial charge in [-0.1, -0.05) is 0 Å². The van der Waals surface area contributed by atoms with Crippen molar-refractivity contribution in [1.82, 2.24) is 5.32 Å². The summed E-state index contributed by atoms with van der Waals surface area (Å²) in [6.07, 6.45) is 3.35. The lowest BCUT2D eigenvalue weighted by molar-refractivity contribution is -0.124. The lowest BCUT2D eigenvalue weighted by Gasteiger charge is -2.19. The van der Waals surface area contributed by atoms with Crippen molar-refractivity contribution < 1.29 is 14.3 Å². The van der Waals surface area contributed by atoms with Gasteiger partial charge < -0.3 is 20.5 Å². The summed E-state index contributed by atoms with van der Waals surface area (Å²) in [5.74, 6) is -0.160. The molecular formula is C11H23ClN2O3. The molecule has 0 bridgehead atoms. The van der Waals surface area contributed by atoms with Gasteiger partial charge in [0.05, 0.1) is 12.7 Å². The van der Waals surface area contributed by atoms with Crippen LogP contribution in [0.3, 0.4) is 0 Å². The van der Waals surface area contributed by atoms with Crippen LogP contribution < -0.4 is 11.1 Å². The maximum Gasteiger partial charge on any atom is 0.239 e. The monoisotopic (exact) mass is 266 g/mol. The zero-order valence-electron chi connectivity index (χ0n) is 10.5. The van der Waals surface area contributed by atoms with Crippen molar-refractivity contribution in [3.63, 3.8) is 0 Å². The number of ether oxygens (including phenoxy) is 2. The number of carbonyl (C=O) groups excluding carboxylic acids is 1. The molecule has 0 aromatic carbocycles. The third-order valence-corrected chi connectivity index (χ3v) is 2.71. The van der Waals surface area contributed by atoms with Gasteiger partial charge in [-0.2, -0.15) is 0 Å². The molecule has 3 unspecified atom stereocenters. The Balaban J connectivity index is 0.00000256. The van der Waals surface area contributed by atoms with Gasteiger partial charge in [-0.15, -0.1) is 12.4 Å². The minimum Gasteiger partial charge on any atom is -0.383 e. The number of nitrogens with one attached hydrogen (secondary N) is 1. The Morgan fingerprint density at radius 1 is 1.65 bits per heavy atom. The molecule has 0 aromatic rings. The van der Waals surface area contributed by atoms with Gasteiger partial charge in [0, 0.05) is 19.8 Å². The minimum atomic E-state index is -0.586. The molecular weight excluding hydrogens is 244 g/mol. The molecule has 3 N–H and O–H groups in total. The van der Waals surface area contributed by atoms with Crippen molar-refractivity contribution in [2.24, 2.45) is 5.73 Å². The van der Waals surface area contributed by atoms with E-state index in [0.29, 0.717) is 0 Å². The first-order valence-electron chi connectivity index (χ1n) is 5.80. The molecule has 0 spiro atoms. The first-order chi connectivity index (χ1) is 7.63. The Kier molecular flexibility index (Phi) is 8.51. The highest BCUT2D eigenvalue weighted by atomic mass is 35.5. The topological polar surface area (TPSA) is 73.6 Å². The van der Waals surface area contributed by atoms with Crippen molar-refractivity contribution in [3.8, 4) is 0 Å². The fourth-order valence-electron chi connectivity index (χ4n) is 1.89. The molecule has 1 amide bonds. The normalized spacial score (nSPS) is 22.6. The first kappa shape index (κ1) is 16.6. The fourth-order valence-corrected chi connectivity index (χ4v) is 1.89. The predicted octanol–water partition coefficient (Wildman–Crippen LogP) is 0.456. The van der Waals surface area contributed by atoms with Crippen molar-refractivity contribution >= 4 is 18.3 Å². The summed E-state index contributed by atoms with van der Waals surface area (Å²) in [6.45, 7) is 3.06. The zero-order chi connectivity index (χ0) is 12.0. The summed E-state index contributed by atoms with van der Waals surface area (Å²) in [5, 5.41) is 2.87. The van der Waals surface area contributed by atoms with Gasteiger partial charge in [0.15, 0.2) is 0 Å². The molecule has 1 rings (SSSR count). The smallest absolute Gasteiger partial charge is 0.239 e. The third kappa shape index (κ3) is 6.21. The van der Waals surface area contributed by atoms with Crippen molar-refractivity contribution in [2.45, 2.75) is 44.4 Å². The lowest BCUT2D eigenvalue weighted by Crippen LogP contribution is -2.47. The fraction of sp³-hybridized carbons (Fsp3) is 0.909. The standard InChI is InChI=1S/C11H22N2O3.ClH/c1-8(6-9-4-3-5-16-9)13-11(14)10(12)7-15-2;/h8-10H,3-7,12H2,1-2H3,(H,13,14);1H. The molecule has 0 radical (unpaired) electrons. The van der Waals surface area contributed by atoms with Crippen molar-refractivity contribution in [1.29, 1.82) is 0 Å². The van der Waals surface area contributed by atoms with Crippen LogP contribution in [0.5, 0.6) is 0 Å². The Hall–Kier alpha value is -0.360. The molecule has 1 saturated heterocycles. The van der Waals surface area contributed by atoms with E-state index in [-0.39, 0.29) is 37.1 Å². The quantitative estimate of drug-likeness (QED) is 0.732. The number of nitrogens with two attached hydrogens (primary N) is 1. The summed E-state index contributed by atoms with van der Waals surface area (Å²) in [4.78, 5) is 11.6. The van der Waals surface area contributed by atoms with E-state index < -0.39 is 6.04 Å². The number of hydrogen-bond acceptors (Lipinski definition) is 4. The van der Waals surface area contributed by atoms with Gasteiger partial charge in [-0.05, 0) is 26.2 Å². The second-order valence-corrected chi connectivity index (χ2v) is 4.34. The highest BCUT2D eigenvalue weighted by Crippen LogP contribution is 2.16. The maximum absolute atomic E-state index is 11.6. The van der Waals surface area contributed by atoms with Crippen LogP contribution in [0.2, 0.25) is 0 Å². The van der Waals surface area contributed by atoms with E-state index in [0.717, 1.165) is 25.9 Å². The molecule has 1 heterocycles. The second-order valence-electron chi connectivity index (χ2n) is 4.34. The van der Waals surface area contributed by atoms with E-state index in [4.69, 9.17) is 15.2 Å². The number of methoxy groups -OCH3 is 1. The number of rotatable bonds is 6. The molecule has 3 atom stereocenters. The van der Waals surface area contributed by atoms with E-state index in [1.807, 2.05) is 6.92 Å². The molecule has 1 fully saturated rings. The van der Waals surface area contributed by atoms with Crippen LogP contribution in [0.4, 0.5) is 0 Å². The van der Waals surface area contributed by atoms with E-state index in [2.05, 4.69) is 5.32 Å². The van der Waals surface area contributed by atoms with Gasteiger partial charge >= 0.3 is 0 Å². The Morgan fingerprint density at radius 2 is 2.35 bits per heavy atom. The predicted molar refractivity (Wildman–Crippen MR) is 68.3 cm³/mol. The summed E-state index contributed by atoms with van der Waals surface area (Å²) in [7, 11) is 1.53. The second kappa shape index (κ2) is 8.69. The Morgan fingerprint density at radius 3 is 2.88 bits per heavy atom. The lowest BCUT2D eigenvalue weighted by atomic mass is 10.1. The summed E-state index contributed by atoms with van der Waals surface area (Å²) in [6, 6.07) is -0.490. The first-order valence-corrected chi connectivity index (χ1v) is 5.80. The maximum atomic E-state index is 11.6. The molecule has 0 aliphatic carbocycles. The van der Waals surface area contributed by atoms with Crippen molar-refractivity contribution in [2.75, 3.05) is 20.3 Å². The van der Waals surface area contributed by atoms with Crippen LogP contribution in [0.15, 0.2) is 0 Å². The van der Waals surface area contributed by atoms with Gasteiger partial charge in [0.1, 0.15) is 6.04 Å². The summed E-state index contributed by atoms with van der Waals surface area (Å²) >= 11 is 0. The van der Waals surface area contributed by atoms with Gasteiger partial charge in [-0.3, -0.25) is 4.79 Å². The van der Waals surface area contributed by atoms with E-state index in [1.165, 1.54) is 7.11 Å². The van der Waals surface area contributed by atoms with E-state index >= 15 is 0 Å². The molecule has 0 aromatic heterocycles. The third-order valence-electron chi connectivity index (χ3n) is 2.71. The SMILES string of the molecule is COCC(N)C(=O)NC(C)CC1CCCO1.Cl. The number of amides is 1. The average Bonchev–Trinajstić information content (AvgIpc) is 2.70. The van der Waals surface area contributed by atoms with Crippen LogP contribution in [0.25, 0.3) is 0 Å².